The quantitative estimate of drug-likeness (QED) is 0.413. The minimum absolute atomic E-state index is 0.122. The number of fused-ring (bicyclic) bond motifs is 3. The van der Waals surface area contributed by atoms with Crippen molar-refractivity contribution in [2.75, 3.05) is 0 Å². The maximum Gasteiger partial charge on any atom is 0.232 e. The van der Waals surface area contributed by atoms with E-state index >= 15 is 0 Å². The van der Waals surface area contributed by atoms with Crippen LogP contribution in [-0.2, 0) is 0 Å². The lowest BCUT2D eigenvalue weighted by Crippen LogP contribution is -1.98. The third kappa shape index (κ3) is 2.70. The van der Waals surface area contributed by atoms with E-state index in [0.717, 1.165) is 44.2 Å². The molecule has 5 heteroatoms. The van der Waals surface area contributed by atoms with E-state index < -0.39 is 0 Å². The Hall–Kier alpha value is -4.48. The molecule has 2 aromatic heterocycles. The number of aromatic nitrogens is 3. The second-order valence-electron chi connectivity index (χ2n) is 7.12. The molecule has 0 aliphatic heterocycles. The largest absolute Gasteiger partial charge is 0.308 e. The molecule has 0 amide bonds. The standard InChI is InChI=1S/C25H15N5/c1-16-6-8-21-20-4-2-3-5-23(20)30(24(21)10-16)22-9-7-17(11-18(22)12-26)19-14-28-25(13-27)29-15-19/h2-11,14-15H,1H3. The van der Waals surface area contributed by atoms with Crippen LogP contribution in [0.15, 0.2) is 73.1 Å². The molecule has 3 aromatic carbocycles. The highest BCUT2D eigenvalue weighted by molar-refractivity contribution is 6.09. The van der Waals surface area contributed by atoms with E-state index in [1.807, 2.05) is 36.4 Å². The van der Waals surface area contributed by atoms with Gasteiger partial charge in [0, 0.05) is 28.7 Å². The Morgan fingerprint density at radius 3 is 2.30 bits per heavy atom. The summed E-state index contributed by atoms with van der Waals surface area (Å²) in [6.07, 6.45) is 3.21. The molecule has 2 heterocycles. The fourth-order valence-electron chi connectivity index (χ4n) is 3.88. The molecular weight excluding hydrogens is 370 g/mol. The number of nitriles is 2. The molecule has 0 atom stereocenters. The van der Waals surface area contributed by atoms with Gasteiger partial charge in [-0.3, -0.25) is 0 Å². The van der Waals surface area contributed by atoms with Gasteiger partial charge in [-0.2, -0.15) is 10.5 Å². The van der Waals surface area contributed by atoms with Gasteiger partial charge >= 0.3 is 0 Å². The molecule has 140 valence electrons. The molecule has 0 spiro atoms. The van der Waals surface area contributed by atoms with Gasteiger partial charge in [-0.15, -0.1) is 0 Å². The molecule has 5 rings (SSSR count). The molecule has 0 unspecified atom stereocenters. The lowest BCUT2D eigenvalue weighted by molar-refractivity contribution is 1.11. The highest BCUT2D eigenvalue weighted by atomic mass is 15.0. The minimum atomic E-state index is 0.122. The third-order valence-corrected chi connectivity index (χ3v) is 5.27. The molecular formula is C25H15N5. The van der Waals surface area contributed by atoms with Crippen LogP contribution in [0.5, 0.6) is 0 Å². The second kappa shape index (κ2) is 6.84. The highest BCUT2D eigenvalue weighted by Gasteiger charge is 2.15. The van der Waals surface area contributed by atoms with Crippen LogP contribution in [-0.4, -0.2) is 14.5 Å². The van der Waals surface area contributed by atoms with Crippen molar-refractivity contribution in [1.29, 1.82) is 10.5 Å². The summed E-state index contributed by atoms with van der Waals surface area (Å²) in [6, 6.07) is 24.7. The number of nitrogens with zero attached hydrogens (tertiary/aromatic N) is 5. The summed E-state index contributed by atoms with van der Waals surface area (Å²) < 4.78 is 2.15. The summed E-state index contributed by atoms with van der Waals surface area (Å²) >= 11 is 0. The van der Waals surface area contributed by atoms with Gasteiger partial charge in [0.2, 0.25) is 5.82 Å². The molecule has 5 nitrogen and oxygen atoms in total. The van der Waals surface area contributed by atoms with Crippen LogP contribution in [0.25, 0.3) is 38.6 Å². The Morgan fingerprint density at radius 2 is 1.53 bits per heavy atom. The van der Waals surface area contributed by atoms with Gasteiger partial charge in [0.15, 0.2) is 0 Å². The van der Waals surface area contributed by atoms with Crippen LogP contribution in [0.2, 0.25) is 0 Å². The molecule has 0 saturated heterocycles. The van der Waals surface area contributed by atoms with E-state index in [9.17, 15) is 5.26 Å². The zero-order chi connectivity index (χ0) is 20.7. The van der Waals surface area contributed by atoms with Crippen LogP contribution < -0.4 is 0 Å². The molecule has 0 fully saturated rings. The molecule has 0 radical (unpaired) electrons. The van der Waals surface area contributed by atoms with Crippen LogP contribution in [0.1, 0.15) is 17.0 Å². The first-order chi connectivity index (χ1) is 14.7. The number of hydrogen-bond donors (Lipinski definition) is 0. The summed E-state index contributed by atoms with van der Waals surface area (Å²) in [5.74, 6) is 0.122. The smallest absolute Gasteiger partial charge is 0.232 e. The molecule has 30 heavy (non-hydrogen) atoms. The fraction of sp³-hybridized carbons (Fsp3) is 0.0400. The minimum Gasteiger partial charge on any atom is -0.308 e. The van der Waals surface area contributed by atoms with Gasteiger partial charge in [0.05, 0.1) is 22.3 Å². The molecule has 0 aliphatic carbocycles. The van der Waals surface area contributed by atoms with E-state index in [0.29, 0.717) is 5.56 Å². The van der Waals surface area contributed by atoms with Crippen LogP contribution in [0.3, 0.4) is 0 Å². The first-order valence-corrected chi connectivity index (χ1v) is 9.46. The van der Waals surface area contributed by atoms with Crippen LogP contribution in [0, 0.1) is 29.6 Å². The molecule has 0 bridgehead atoms. The normalized spacial score (nSPS) is 10.8. The van der Waals surface area contributed by atoms with Crippen molar-refractivity contribution >= 4 is 21.8 Å². The number of aryl methyl sites for hydroxylation is 1. The zero-order valence-electron chi connectivity index (χ0n) is 16.2. The van der Waals surface area contributed by atoms with E-state index in [1.54, 1.807) is 12.4 Å². The Balaban J connectivity index is 1.76. The number of benzene rings is 3. The summed E-state index contributed by atoms with van der Waals surface area (Å²) in [4.78, 5) is 8.07. The molecule has 5 aromatic rings. The lowest BCUT2D eigenvalue weighted by atomic mass is 10.0. The topological polar surface area (TPSA) is 78.3 Å². The van der Waals surface area contributed by atoms with Crippen LogP contribution in [0.4, 0.5) is 0 Å². The molecule has 0 aliphatic rings. The van der Waals surface area contributed by atoms with Crippen molar-refractivity contribution < 1.29 is 0 Å². The highest BCUT2D eigenvalue weighted by Crippen LogP contribution is 2.34. The average molecular weight is 385 g/mol. The summed E-state index contributed by atoms with van der Waals surface area (Å²) in [6.45, 7) is 2.07. The Bertz CT molecular complexity index is 1510. The maximum absolute atomic E-state index is 9.93. The summed E-state index contributed by atoms with van der Waals surface area (Å²) in [5, 5.41) is 21.1. The lowest BCUT2D eigenvalue weighted by Gasteiger charge is -2.12. The van der Waals surface area contributed by atoms with E-state index in [4.69, 9.17) is 5.26 Å². The number of rotatable bonds is 2. The van der Waals surface area contributed by atoms with Gasteiger partial charge in [-0.05, 0) is 42.3 Å². The molecule has 0 saturated carbocycles. The van der Waals surface area contributed by atoms with Gasteiger partial charge in [-0.1, -0.05) is 36.4 Å². The number of para-hydroxylation sites is 1. The van der Waals surface area contributed by atoms with Gasteiger partial charge in [-0.25, -0.2) is 9.97 Å². The maximum atomic E-state index is 9.93. The van der Waals surface area contributed by atoms with Gasteiger partial charge < -0.3 is 4.57 Å². The molecule has 0 N–H and O–H groups in total. The predicted molar refractivity (Wildman–Crippen MR) is 116 cm³/mol. The fourth-order valence-corrected chi connectivity index (χ4v) is 3.88. The first-order valence-electron chi connectivity index (χ1n) is 9.46. The van der Waals surface area contributed by atoms with Gasteiger partial charge in [0.25, 0.3) is 0 Å². The Labute approximate surface area is 173 Å². The van der Waals surface area contributed by atoms with E-state index in [2.05, 4.69) is 57.9 Å². The average Bonchev–Trinajstić information content (AvgIpc) is 3.12. The van der Waals surface area contributed by atoms with Crippen molar-refractivity contribution in [3.05, 3.63) is 90.0 Å². The second-order valence-corrected chi connectivity index (χ2v) is 7.12. The van der Waals surface area contributed by atoms with E-state index in [-0.39, 0.29) is 5.82 Å². The Kier molecular flexibility index (Phi) is 4.02. The predicted octanol–water partition coefficient (Wildman–Crippen LogP) is 5.29. The first kappa shape index (κ1) is 17.6. The van der Waals surface area contributed by atoms with Crippen molar-refractivity contribution in [1.82, 2.24) is 14.5 Å². The Morgan fingerprint density at radius 1 is 0.767 bits per heavy atom. The summed E-state index contributed by atoms with van der Waals surface area (Å²) in [7, 11) is 0. The monoisotopic (exact) mass is 385 g/mol. The van der Waals surface area contributed by atoms with Crippen LogP contribution >= 0.6 is 0 Å². The zero-order valence-corrected chi connectivity index (χ0v) is 16.2. The van der Waals surface area contributed by atoms with Crippen molar-refractivity contribution in [3.63, 3.8) is 0 Å². The van der Waals surface area contributed by atoms with Gasteiger partial charge in [0.1, 0.15) is 12.1 Å². The number of hydrogen-bond acceptors (Lipinski definition) is 4. The van der Waals surface area contributed by atoms with Crippen molar-refractivity contribution in [2.24, 2.45) is 0 Å². The SMILES string of the molecule is Cc1ccc2c3ccccc3n(-c3ccc(-c4cnc(C#N)nc4)cc3C#N)c2c1. The van der Waals surface area contributed by atoms with E-state index in [1.165, 1.54) is 0 Å². The van der Waals surface area contributed by atoms with Crippen molar-refractivity contribution in [3.8, 4) is 29.0 Å². The van der Waals surface area contributed by atoms with Crippen molar-refractivity contribution in [2.45, 2.75) is 6.92 Å². The third-order valence-electron chi connectivity index (χ3n) is 5.27. The summed E-state index contributed by atoms with van der Waals surface area (Å²) in [5.41, 5.74) is 6.27.